The highest BCUT2D eigenvalue weighted by Crippen LogP contribution is 2.68. The Morgan fingerprint density at radius 2 is 1.72 bits per heavy atom. The summed E-state index contributed by atoms with van der Waals surface area (Å²) >= 11 is 0. The highest BCUT2D eigenvalue weighted by Gasteiger charge is 2.61. The van der Waals surface area contributed by atoms with Crippen LogP contribution in [0.1, 0.15) is 112 Å². The zero-order valence-electron chi connectivity index (χ0n) is 21.6. The van der Waals surface area contributed by atoms with Gasteiger partial charge in [-0.1, -0.05) is 53.9 Å². The molecule has 0 N–H and O–H groups in total. The van der Waals surface area contributed by atoms with Gasteiger partial charge in [0.2, 0.25) is 0 Å². The minimum atomic E-state index is -0.502. The molecule has 0 heterocycles. The van der Waals surface area contributed by atoms with Crippen molar-refractivity contribution in [3.63, 3.8) is 0 Å². The zero-order chi connectivity index (χ0) is 23.3. The largest absolute Gasteiger partial charge is 0.455 e. The first kappa shape index (κ1) is 24.3. The number of fused-ring (bicyclic) bond motifs is 5. The van der Waals surface area contributed by atoms with Crippen molar-refractivity contribution in [3.8, 4) is 0 Å². The number of esters is 1. The molecule has 4 aliphatic rings. The van der Waals surface area contributed by atoms with Crippen molar-refractivity contribution in [3.05, 3.63) is 0 Å². The first-order valence-electron chi connectivity index (χ1n) is 13.8. The average molecular weight is 445 g/mol. The van der Waals surface area contributed by atoms with Gasteiger partial charge in [0.15, 0.2) is 11.9 Å². The van der Waals surface area contributed by atoms with Gasteiger partial charge in [0.25, 0.3) is 0 Å². The van der Waals surface area contributed by atoms with Gasteiger partial charge in [-0.2, -0.15) is 0 Å². The Morgan fingerprint density at radius 3 is 2.41 bits per heavy atom. The van der Waals surface area contributed by atoms with E-state index in [2.05, 4.69) is 34.6 Å². The normalized spacial score (nSPS) is 44.5. The van der Waals surface area contributed by atoms with Gasteiger partial charge in [-0.15, -0.1) is 0 Å². The fourth-order valence-electron chi connectivity index (χ4n) is 9.41. The molecule has 9 atom stereocenters. The number of ketones is 1. The third-order valence-corrected chi connectivity index (χ3v) is 11.0. The molecule has 4 rings (SSSR count). The van der Waals surface area contributed by atoms with E-state index in [4.69, 9.17) is 4.74 Å². The van der Waals surface area contributed by atoms with Crippen LogP contribution in [0.4, 0.5) is 0 Å². The molecule has 0 unspecified atom stereocenters. The fraction of sp³-hybridized carbons (Fsp3) is 0.931. The Morgan fingerprint density at radius 1 is 1.00 bits per heavy atom. The molecule has 4 aliphatic carbocycles. The highest BCUT2D eigenvalue weighted by atomic mass is 16.5. The van der Waals surface area contributed by atoms with E-state index in [-0.39, 0.29) is 17.2 Å². The number of rotatable bonds is 6. The van der Waals surface area contributed by atoms with Gasteiger partial charge in [0.1, 0.15) is 0 Å². The number of hydrogen-bond donors (Lipinski definition) is 0. The van der Waals surface area contributed by atoms with Gasteiger partial charge in [-0.25, -0.2) is 0 Å². The molecule has 0 bridgehead atoms. The van der Waals surface area contributed by atoms with Crippen molar-refractivity contribution in [2.75, 3.05) is 0 Å². The number of Topliss-reactive ketones (excluding diaryl/α,β-unsaturated/α-hetero) is 1. The highest BCUT2D eigenvalue weighted by molar-refractivity contribution is 5.86. The standard InChI is InChI=1S/C29H48O3/c1-18(2)8-7-9-19(3)23-12-13-24-22-11-10-21-16-26(31)27(32-20(4)30)17-29(21,6)25(22)14-15-28(23,24)5/h18-19,21-25,27H,7-17H2,1-6H3/t19-,21+,22+,23+,24-,25-,27-,28+,29+/m1/s1. The van der Waals surface area contributed by atoms with Crippen LogP contribution in [0, 0.1) is 52.3 Å². The molecule has 0 radical (unpaired) electrons. The fourth-order valence-corrected chi connectivity index (χ4v) is 9.41. The summed E-state index contributed by atoms with van der Waals surface area (Å²) in [5.74, 6) is 5.23. The number of hydrogen-bond acceptors (Lipinski definition) is 3. The molecule has 0 aliphatic heterocycles. The summed E-state index contributed by atoms with van der Waals surface area (Å²) in [6.45, 7) is 13.8. The average Bonchev–Trinajstić information content (AvgIpc) is 3.05. The smallest absolute Gasteiger partial charge is 0.303 e. The predicted octanol–water partition coefficient (Wildman–Crippen LogP) is 7.22. The van der Waals surface area contributed by atoms with Crippen LogP contribution in [0.25, 0.3) is 0 Å². The summed E-state index contributed by atoms with van der Waals surface area (Å²) in [5, 5.41) is 0. The lowest BCUT2D eigenvalue weighted by molar-refractivity contribution is -0.171. The Labute approximate surface area is 196 Å². The van der Waals surface area contributed by atoms with E-state index in [1.807, 2.05) is 0 Å². The molecule has 3 heteroatoms. The topological polar surface area (TPSA) is 43.4 Å². The van der Waals surface area contributed by atoms with Crippen molar-refractivity contribution in [1.29, 1.82) is 0 Å². The van der Waals surface area contributed by atoms with Gasteiger partial charge in [-0.3, -0.25) is 9.59 Å². The Bertz CT molecular complexity index is 713. The minimum Gasteiger partial charge on any atom is -0.455 e. The Balaban J connectivity index is 1.49. The van der Waals surface area contributed by atoms with E-state index in [1.165, 1.54) is 64.7 Å². The SMILES string of the molecule is CC(=O)O[C@@H]1C[C@@]2(C)[C@@H](CC[C@@H]3[C@H]2CC[C@]2(C)[C@@H]3CC[C@H]2[C@H](C)CCCC(C)C)CC1=O. The third kappa shape index (κ3) is 4.20. The van der Waals surface area contributed by atoms with Crippen LogP contribution in [0.3, 0.4) is 0 Å². The second kappa shape index (κ2) is 9.06. The third-order valence-electron chi connectivity index (χ3n) is 11.0. The Kier molecular flexibility index (Phi) is 6.87. The molecule has 32 heavy (non-hydrogen) atoms. The van der Waals surface area contributed by atoms with E-state index in [0.29, 0.717) is 23.7 Å². The van der Waals surface area contributed by atoms with Gasteiger partial charge < -0.3 is 4.74 Å². The minimum absolute atomic E-state index is 0.152. The quantitative estimate of drug-likeness (QED) is 0.406. The van der Waals surface area contributed by atoms with E-state index < -0.39 is 6.10 Å². The summed E-state index contributed by atoms with van der Waals surface area (Å²) in [6, 6.07) is 0. The molecule has 0 aromatic rings. The van der Waals surface area contributed by atoms with Gasteiger partial charge in [-0.05, 0) is 97.2 Å². The maximum absolute atomic E-state index is 12.7. The second-order valence-electron chi connectivity index (χ2n) is 13.2. The van der Waals surface area contributed by atoms with Gasteiger partial charge in [0.05, 0.1) is 0 Å². The van der Waals surface area contributed by atoms with Crippen LogP contribution in [0.15, 0.2) is 0 Å². The van der Waals surface area contributed by atoms with Crippen molar-refractivity contribution in [1.82, 2.24) is 0 Å². The summed E-state index contributed by atoms with van der Waals surface area (Å²) in [7, 11) is 0. The van der Waals surface area contributed by atoms with E-state index in [0.717, 1.165) is 36.0 Å². The maximum atomic E-state index is 12.7. The molecular formula is C29H48O3. The van der Waals surface area contributed by atoms with Crippen LogP contribution >= 0.6 is 0 Å². The summed E-state index contributed by atoms with van der Waals surface area (Å²) < 4.78 is 5.52. The molecule has 0 aromatic carbocycles. The molecule has 0 amide bonds. The number of carbonyl (C=O) groups excluding carboxylic acids is 2. The summed E-state index contributed by atoms with van der Waals surface area (Å²) in [6.07, 6.45) is 13.0. The molecule has 4 fully saturated rings. The van der Waals surface area contributed by atoms with Crippen molar-refractivity contribution < 1.29 is 14.3 Å². The lowest BCUT2D eigenvalue weighted by Crippen LogP contribution is -2.56. The molecular weight excluding hydrogens is 396 g/mol. The lowest BCUT2D eigenvalue weighted by atomic mass is 9.44. The predicted molar refractivity (Wildman–Crippen MR) is 129 cm³/mol. The zero-order valence-corrected chi connectivity index (χ0v) is 21.6. The maximum Gasteiger partial charge on any atom is 0.303 e. The van der Waals surface area contributed by atoms with Gasteiger partial charge >= 0.3 is 5.97 Å². The number of ether oxygens (including phenoxy) is 1. The molecule has 3 nitrogen and oxygen atoms in total. The monoisotopic (exact) mass is 444 g/mol. The van der Waals surface area contributed by atoms with Crippen LogP contribution in [0.2, 0.25) is 0 Å². The molecule has 0 saturated heterocycles. The van der Waals surface area contributed by atoms with Gasteiger partial charge in [0, 0.05) is 13.3 Å². The number of carbonyl (C=O) groups is 2. The summed E-state index contributed by atoms with van der Waals surface area (Å²) in [5.41, 5.74) is 0.653. The van der Waals surface area contributed by atoms with Crippen LogP contribution in [0.5, 0.6) is 0 Å². The first-order valence-corrected chi connectivity index (χ1v) is 13.8. The second-order valence-corrected chi connectivity index (χ2v) is 13.2. The Hall–Kier alpha value is -0.860. The molecule has 0 aromatic heterocycles. The van der Waals surface area contributed by atoms with Crippen LogP contribution in [-0.4, -0.2) is 17.9 Å². The van der Waals surface area contributed by atoms with Crippen LogP contribution in [-0.2, 0) is 14.3 Å². The first-order chi connectivity index (χ1) is 15.1. The van der Waals surface area contributed by atoms with Crippen molar-refractivity contribution in [2.45, 2.75) is 118 Å². The summed E-state index contributed by atoms with van der Waals surface area (Å²) in [4.78, 5) is 24.3. The molecule has 0 spiro atoms. The van der Waals surface area contributed by atoms with E-state index >= 15 is 0 Å². The van der Waals surface area contributed by atoms with Crippen molar-refractivity contribution in [2.24, 2.45) is 52.3 Å². The van der Waals surface area contributed by atoms with E-state index in [9.17, 15) is 9.59 Å². The lowest BCUT2D eigenvalue weighted by Gasteiger charge is -2.61. The van der Waals surface area contributed by atoms with Crippen LogP contribution < -0.4 is 0 Å². The molecule has 4 saturated carbocycles. The molecule has 182 valence electrons. The van der Waals surface area contributed by atoms with E-state index in [1.54, 1.807) is 0 Å². The van der Waals surface area contributed by atoms with Crippen molar-refractivity contribution >= 4 is 11.8 Å².